The molecule has 2 aromatic rings. The zero-order valence-corrected chi connectivity index (χ0v) is 12.3. The van der Waals surface area contributed by atoms with Gasteiger partial charge in [-0.05, 0) is 28.1 Å². The highest BCUT2D eigenvalue weighted by Gasteiger charge is 2.18. The van der Waals surface area contributed by atoms with Crippen LogP contribution in [0.4, 0.5) is 14.7 Å². The highest BCUT2D eigenvalue weighted by Crippen LogP contribution is 2.21. The molecule has 0 saturated heterocycles. The van der Waals surface area contributed by atoms with Gasteiger partial charge in [0.15, 0.2) is 0 Å². The van der Waals surface area contributed by atoms with Gasteiger partial charge in [-0.1, -0.05) is 13.8 Å². The van der Waals surface area contributed by atoms with Crippen LogP contribution in [0.3, 0.4) is 0 Å². The van der Waals surface area contributed by atoms with Gasteiger partial charge in [0, 0.05) is 5.92 Å². The molecule has 0 unspecified atom stereocenters. The van der Waals surface area contributed by atoms with Crippen molar-refractivity contribution in [3.63, 3.8) is 0 Å². The zero-order chi connectivity index (χ0) is 14.9. The molecule has 2 rings (SSSR count). The van der Waals surface area contributed by atoms with Gasteiger partial charge in [-0.15, -0.1) is 5.10 Å². The second-order valence-electron chi connectivity index (χ2n) is 4.40. The van der Waals surface area contributed by atoms with Crippen LogP contribution in [-0.4, -0.2) is 21.1 Å². The lowest BCUT2D eigenvalue weighted by Gasteiger charge is -2.04. The zero-order valence-electron chi connectivity index (χ0n) is 10.7. The molecule has 0 aliphatic rings. The quantitative estimate of drug-likeness (QED) is 0.839. The summed E-state index contributed by atoms with van der Waals surface area (Å²) in [6, 6.07) is 1.75. The van der Waals surface area contributed by atoms with E-state index in [1.807, 2.05) is 13.8 Å². The summed E-state index contributed by atoms with van der Waals surface area (Å²) in [5.41, 5.74) is -0.423. The molecule has 1 amide bonds. The third-order valence-electron chi connectivity index (χ3n) is 2.51. The first-order valence-electron chi connectivity index (χ1n) is 5.76. The minimum atomic E-state index is -0.844. The number of hydrogen-bond donors (Lipinski definition) is 2. The lowest BCUT2D eigenvalue weighted by Crippen LogP contribution is -2.15. The summed E-state index contributed by atoms with van der Waals surface area (Å²) in [4.78, 5) is 15.9. The van der Waals surface area contributed by atoms with Crippen LogP contribution in [0.15, 0.2) is 16.6 Å². The van der Waals surface area contributed by atoms with Crippen LogP contribution in [0.1, 0.15) is 35.9 Å². The second kappa shape index (κ2) is 5.66. The highest BCUT2D eigenvalue weighted by molar-refractivity contribution is 9.10. The van der Waals surface area contributed by atoms with Crippen LogP contribution in [0.5, 0.6) is 0 Å². The Morgan fingerprint density at radius 1 is 1.40 bits per heavy atom. The van der Waals surface area contributed by atoms with E-state index < -0.39 is 23.1 Å². The van der Waals surface area contributed by atoms with E-state index in [1.54, 1.807) is 0 Å². The maximum absolute atomic E-state index is 13.7. The van der Waals surface area contributed by atoms with Crippen LogP contribution in [0.25, 0.3) is 0 Å². The Bertz CT molecular complexity index is 657. The summed E-state index contributed by atoms with van der Waals surface area (Å²) >= 11 is 2.84. The van der Waals surface area contributed by atoms with E-state index in [-0.39, 0.29) is 16.3 Å². The molecular formula is C12H11BrF2N4O. The van der Waals surface area contributed by atoms with Crippen molar-refractivity contribution in [1.29, 1.82) is 0 Å². The minimum Gasteiger partial charge on any atom is -0.289 e. The molecule has 0 aliphatic heterocycles. The molecule has 0 atom stereocenters. The fraction of sp³-hybridized carbons (Fsp3) is 0.250. The summed E-state index contributed by atoms with van der Waals surface area (Å²) in [5, 5.41) is 8.74. The predicted molar refractivity (Wildman–Crippen MR) is 72.5 cm³/mol. The Morgan fingerprint density at radius 3 is 2.70 bits per heavy atom. The van der Waals surface area contributed by atoms with E-state index >= 15 is 0 Å². The van der Waals surface area contributed by atoms with Crippen molar-refractivity contribution in [1.82, 2.24) is 15.2 Å². The number of aromatic nitrogens is 3. The van der Waals surface area contributed by atoms with Crippen molar-refractivity contribution >= 4 is 27.8 Å². The number of hydrogen-bond acceptors (Lipinski definition) is 3. The van der Waals surface area contributed by atoms with Gasteiger partial charge in [0.2, 0.25) is 5.95 Å². The maximum atomic E-state index is 13.7. The van der Waals surface area contributed by atoms with Crippen molar-refractivity contribution in [2.45, 2.75) is 19.8 Å². The van der Waals surface area contributed by atoms with Gasteiger partial charge >= 0.3 is 0 Å². The van der Waals surface area contributed by atoms with E-state index in [2.05, 4.69) is 36.4 Å². The third kappa shape index (κ3) is 3.01. The molecule has 20 heavy (non-hydrogen) atoms. The number of carbonyl (C=O) groups is 1. The van der Waals surface area contributed by atoms with E-state index in [4.69, 9.17) is 0 Å². The minimum absolute atomic E-state index is 0.0125. The number of rotatable bonds is 3. The van der Waals surface area contributed by atoms with E-state index in [0.717, 1.165) is 12.1 Å². The summed E-state index contributed by atoms with van der Waals surface area (Å²) < 4.78 is 26.8. The van der Waals surface area contributed by atoms with Crippen molar-refractivity contribution in [3.05, 3.63) is 39.6 Å². The maximum Gasteiger partial charge on any atom is 0.261 e. The van der Waals surface area contributed by atoms with Gasteiger partial charge in [-0.2, -0.15) is 4.98 Å². The van der Waals surface area contributed by atoms with Gasteiger partial charge < -0.3 is 0 Å². The van der Waals surface area contributed by atoms with Crippen LogP contribution >= 0.6 is 15.9 Å². The average molecular weight is 345 g/mol. The molecule has 0 radical (unpaired) electrons. The topological polar surface area (TPSA) is 70.7 Å². The molecule has 5 nitrogen and oxygen atoms in total. The first-order chi connectivity index (χ1) is 9.38. The molecule has 0 fully saturated rings. The molecule has 1 heterocycles. The van der Waals surface area contributed by atoms with Gasteiger partial charge in [0.05, 0.1) is 10.0 Å². The fourth-order valence-corrected chi connectivity index (χ4v) is 1.91. The molecule has 1 aromatic heterocycles. The smallest absolute Gasteiger partial charge is 0.261 e. The lowest BCUT2D eigenvalue weighted by atomic mass is 10.2. The average Bonchev–Trinajstić information content (AvgIpc) is 2.82. The molecule has 1 aromatic carbocycles. The molecule has 0 saturated carbocycles. The number of H-pyrrole nitrogens is 1. The Morgan fingerprint density at radius 2 is 2.10 bits per heavy atom. The lowest BCUT2D eigenvalue weighted by molar-refractivity contribution is 0.102. The monoisotopic (exact) mass is 344 g/mol. The number of carbonyl (C=O) groups excluding carboxylic acids is 1. The summed E-state index contributed by atoms with van der Waals surface area (Å²) in [6.07, 6.45) is 0. The van der Waals surface area contributed by atoms with E-state index in [0.29, 0.717) is 5.82 Å². The van der Waals surface area contributed by atoms with Gasteiger partial charge in [0.25, 0.3) is 5.91 Å². The summed E-state index contributed by atoms with van der Waals surface area (Å²) in [6.45, 7) is 3.80. The fourth-order valence-electron chi connectivity index (χ4n) is 1.48. The normalized spacial score (nSPS) is 10.9. The molecule has 8 heteroatoms. The van der Waals surface area contributed by atoms with Crippen LogP contribution in [0.2, 0.25) is 0 Å². The first kappa shape index (κ1) is 14.6. The molecule has 0 aliphatic carbocycles. The van der Waals surface area contributed by atoms with E-state index in [1.165, 1.54) is 0 Å². The molecule has 106 valence electrons. The summed E-state index contributed by atoms with van der Waals surface area (Å²) in [7, 11) is 0. The number of nitrogens with zero attached hydrogens (tertiary/aromatic N) is 2. The Labute approximate surface area is 121 Å². The molecular weight excluding hydrogens is 334 g/mol. The van der Waals surface area contributed by atoms with E-state index in [9.17, 15) is 13.6 Å². The van der Waals surface area contributed by atoms with Crippen LogP contribution in [-0.2, 0) is 0 Å². The Kier molecular flexibility index (Phi) is 4.12. The van der Waals surface area contributed by atoms with Crippen LogP contribution < -0.4 is 5.32 Å². The Hall–Kier alpha value is -1.83. The largest absolute Gasteiger partial charge is 0.289 e. The molecule has 2 N–H and O–H groups in total. The van der Waals surface area contributed by atoms with Gasteiger partial charge in [-0.25, -0.2) is 8.78 Å². The summed E-state index contributed by atoms with van der Waals surface area (Å²) in [5.74, 6) is -1.69. The second-order valence-corrected chi connectivity index (χ2v) is 5.26. The standard InChI is InChI=1S/C12H11BrF2N4O/c1-5(2)10-16-12(19-18-10)17-11(20)7-3-6(14)4-8(13)9(7)15/h3-5H,1-2H3,(H2,16,17,18,19,20). The number of aromatic amines is 1. The van der Waals surface area contributed by atoms with Gasteiger partial charge in [0.1, 0.15) is 17.5 Å². The molecule has 0 spiro atoms. The number of benzene rings is 1. The first-order valence-corrected chi connectivity index (χ1v) is 6.56. The number of halogens is 3. The van der Waals surface area contributed by atoms with Crippen molar-refractivity contribution in [2.24, 2.45) is 0 Å². The predicted octanol–water partition coefficient (Wildman–Crippen LogP) is 3.22. The van der Waals surface area contributed by atoms with Gasteiger partial charge in [-0.3, -0.25) is 15.2 Å². The van der Waals surface area contributed by atoms with Crippen molar-refractivity contribution in [2.75, 3.05) is 5.32 Å². The third-order valence-corrected chi connectivity index (χ3v) is 3.09. The Balaban J connectivity index is 2.23. The van der Waals surface area contributed by atoms with Crippen molar-refractivity contribution < 1.29 is 13.6 Å². The number of nitrogens with one attached hydrogen (secondary N) is 2. The SMILES string of the molecule is CC(C)c1nc(NC(=O)c2cc(F)cc(Br)c2F)n[nH]1. The number of anilines is 1. The number of amides is 1. The van der Waals surface area contributed by atoms with Crippen molar-refractivity contribution in [3.8, 4) is 0 Å². The highest BCUT2D eigenvalue weighted by atomic mass is 79.9. The molecule has 0 bridgehead atoms. The van der Waals surface area contributed by atoms with Crippen LogP contribution in [0, 0.1) is 11.6 Å².